The molecule has 2 fully saturated rings. The van der Waals surface area contributed by atoms with Crippen LogP contribution in [0.5, 0.6) is 11.5 Å². The Hall–Kier alpha value is -3.36. The molecule has 1 amide bonds. The lowest BCUT2D eigenvalue weighted by Crippen LogP contribution is -2.55. The highest BCUT2D eigenvalue weighted by atomic mass is 32.1. The molecule has 2 aromatic carbocycles. The summed E-state index contributed by atoms with van der Waals surface area (Å²) in [4.78, 5) is 16.4. The zero-order valence-electron chi connectivity index (χ0n) is 18.3. The van der Waals surface area contributed by atoms with E-state index in [4.69, 9.17) is 27.0 Å². The summed E-state index contributed by atoms with van der Waals surface area (Å²) in [6.07, 6.45) is -2.91. The topological polar surface area (TPSA) is 86.0 Å². The van der Waals surface area contributed by atoms with Crippen molar-refractivity contribution in [3.8, 4) is 17.6 Å². The first-order valence-electron chi connectivity index (χ1n) is 11.0. The van der Waals surface area contributed by atoms with Crippen LogP contribution in [0.1, 0.15) is 36.8 Å². The fraction of sp³-hybridized carbons (Fsp3) is 0.375. The summed E-state index contributed by atoms with van der Waals surface area (Å²) in [5, 5.41) is 18.6. The molecule has 0 unspecified atom stereocenters. The second-order valence-electron chi connectivity index (χ2n) is 8.67. The van der Waals surface area contributed by atoms with E-state index in [1.54, 1.807) is 29.2 Å². The van der Waals surface area contributed by atoms with Gasteiger partial charge in [0.2, 0.25) is 0 Å². The maximum absolute atomic E-state index is 13.6. The molecule has 1 atom stereocenters. The molecule has 2 aromatic rings. The molecule has 2 aliphatic heterocycles. The van der Waals surface area contributed by atoms with Crippen LogP contribution >= 0.6 is 12.2 Å². The predicted molar refractivity (Wildman–Crippen MR) is 123 cm³/mol. The van der Waals surface area contributed by atoms with Gasteiger partial charge in [0, 0.05) is 18.2 Å². The molecule has 3 aliphatic rings. The lowest BCUT2D eigenvalue weighted by atomic mass is 9.75. The first-order valence-corrected chi connectivity index (χ1v) is 11.4. The molecule has 5 rings (SSSR count). The van der Waals surface area contributed by atoms with E-state index >= 15 is 0 Å². The molecule has 0 aromatic heterocycles. The Morgan fingerprint density at radius 2 is 1.91 bits per heavy atom. The molecule has 11 heteroatoms. The van der Waals surface area contributed by atoms with Crippen molar-refractivity contribution in [2.75, 3.05) is 23.0 Å². The van der Waals surface area contributed by atoms with Gasteiger partial charge in [-0.3, -0.25) is 9.69 Å². The summed E-state index contributed by atoms with van der Waals surface area (Å²) in [5.74, 6) is 0.474. The minimum atomic E-state index is -4.76. The average Bonchev–Trinajstić information content (AvgIpc) is 2.92. The number of alkyl halides is 3. The Bertz CT molecular complexity index is 1260. The van der Waals surface area contributed by atoms with Crippen molar-refractivity contribution >= 4 is 34.6 Å². The number of ether oxygens (including phenoxy) is 2. The molecule has 35 heavy (non-hydrogen) atoms. The molecular weight excluding hydrogens is 483 g/mol. The first kappa shape index (κ1) is 23.4. The molecule has 0 bridgehead atoms. The molecule has 7 nitrogen and oxygen atoms in total. The van der Waals surface area contributed by atoms with Crippen LogP contribution in [-0.4, -0.2) is 41.0 Å². The van der Waals surface area contributed by atoms with Gasteiger partial charge in [-0.2, -0.15) is 18.4 Å². The van der Waals surface area contributed by atoms with E-state index < -0.39 is 34.9 Å². The molecule has 1 N–H and O–H groups in total. The molecule has 1 spiro atoms. The fourth-order valence-corrected chi connectivity index (χ4v) is 5.19. The van der Waals surface area contributed by atoms with E-state index in [0.717, 1.165) is 23.5 Å². The molecule has 1 aliphatic carbocycles. The van der Waals surface area contributed by atoms with Crippen LogP contribution in [0.3, 0.4) is 0 Å². The van der Waals surface area contributed by atoms with Gasteiger partial charge in [-0.1, -0.05) is 0 Å². The Kier molecular flexibility index (Phi) is 5.61. The van der Waals surface area contributed by atoms with E-state index in [1.807, 2.05) is 0 Å². The van der Waals surface area contributed by atoms with Gasteiger partial charge < -0.3 is 19.5 Å². The number of fused-ring (bicyclic) bond motifs is 1. The number of amides is 1. The molecule has 1 saturated carbocycles. The second-order valence-corrected chi connectivity index (χ2v) is 9.04. The number of anilines is 2. The zero-order chi connectivity index (χ0) is 25.0. The number of rotatable bonds is 3. The van der Waals surface area contributed by atoms with Crippen LogP contribution in [0.2, 0.25) is 0 Å². The normalized spacial score (nSPS) is 21.1. The summed E-state index contributed by atoms with van der Waals surface area (Å²) >= 11 is 5.65. The highest BCUT2D eigenvalue weighted by molar-refractivity contribution is 7.81. The number of carbonyl (C=O) groups is 1. The lowest BCUT2D eigenvalue weighted by molar-refractivity contribution is -0.137. The first-order chi connectivity index (χ1) is 16.7. The van der Waals surface area contributed by atoms with Gasteiger partial charge >= 0.3 is 6.18 Å². The Morgan fingerprint density at radius 3 is 2.54 bits per heavy atom. The third kappa shape index (κ3) is 3.68. The largest absolute Gasteiger partial charge is 0.489 e. The van der Waals surface area contributed by atoms with Gasteiger partial charge in [0.25, 0.3) is 5.91 Å². The minimum Gasteiger partial charge on any atom is -0.489 e. The van der Waals surface area contributed by atoms with Gasteiger partial charge in [-0.25, -0.2) is 0 Å². The van der Waals surface area contributed by atoms with Crippen LogP contribution in [0.15, 0.2) is 36.4 Å². The maximum atomic E-state index is 13.6. The van der Waals surface area contributed by atoms with Crippen molar-refractivity contribution in [1.82, 2.24) is 0 Å². The predicted octanol–water partition coefficient (Wildman–Crippen LogP) is 4.16. The van der Waals surface area contributed by atoms with Crippen molar-refractivity contribution in [3.63, 3.8) is 0 Å². The van der Waals surface area contributed by atoms with Crippen LogP contribution in [-0.2, 0) is 11.0 Å². The quantitative estimate of drug-likeness (QED) is 0.630. The van der Waals surface area contributed by atoms with E-state index in [1.165, 1.54) is 6.07 Å². The summed E-state index contributed by atoms with van der Waals surface area (Å²) in [5.41, 5.74) is -2.14. The van der Waals surface area contributed by atoms with Gasteiger partial charge in [0.05, 0.1) is 36.1 Å². The van der Waals surface area contributed by atoms with E-state index in [9.17, 15) is 23.1 Å². The molecular formula is C24H20F3N3O4S. The van der Waals surface area contributed by atoms with Crippen LogP contribution in [0.25, 0.3) is 0 Å². The minimum absolute atomic E-state index is 0.0415. The fourth-order valence-electron chi connectivity index (χ4n) is 4.72. The highest BCUT2D eigenvalue weighted by Gasteiger charge is 2.59. The third-order valence-corrected chi connectivity index (χ3v) is 7.03. The lowest BCUT2D eigenvalue weighted by Gasteiger charge is -2.43. The number of aliphatic hydroxyl groups is 1. The monoisotopic (exact) mass is 503 g/mol. The Labute approximate surface area is 204 Å². The molecule has 2 heterocycles. The number of aliphatic hydroxyl groups excluding tert-OH is 1. The number of hydrogen-bond acceptors (Lipinski definition) is 6. The Morgan fingerprint density at radius 1 is 1.17 bits per heavy atom. The number of carbonyl (C=O) groups excluding carboxylic acids is 1. The summed E-state index contributed by atoms with van der Waals surface area (Å²) in [7, 11) is 0. The summed E-state index contributed by atoms with van der Waals surface area (Å²) < 4.78 is 52.3. The van der Waals surface area contributed by atoms with Crippen LogP contribution in [0, 0.1) is 11.3 Å². The van der Waals surface area contributed by atoms with Crippen molar-refractivity contribution in [2.45, 2.75) is 43.5 Å². The van der Waals surface area contributed by atoms with Crippen LogP contribution < -0.4 is 19.3 Å². The summed E-state index contributed by atoms with van der Waals surface area (Å²) in [6, 6.07) is 9.77. The zero-order valence-corrected chi connectivity index (χ0v) is 19.2. The third-order valence-electron chi connectivity index (χ3n) is 6.66. The number of hydrogen-bond donors (Lipinski definition) is 1. The number of halogens is 3. The van der Waals surface area contributed by atoms with Crippen molar-refractivity contribution < 1.29 is 32.5 Å². The molecule has 182 valence electrons. The standard InChI is InChI=1S/C24H20F3N3O4S/c25-24(26,27)18-10-15(3-2-14(18)12-28)29-21(32)23(7-1-8-23)30(22(29)35)16-4-5-19-20(11-16)33-9-6-17(13-31)34-19/h2-5,10-11,17,31H,1,6-9,13H2/t17-/m1/s1. The highest BCUT2D eigenvalue weighted by Crippen LogP contribution is 2.49. The molecule has 0 radical (unpaired) electrons. The van der Waals surface area contributed by atoms with Crippen molar-refractivity contribution in [2.24, 2.45) is 0 Å². The van der Waals surface area contributed by atoms with Crippen molar-refractivity contribution in [1.29, 1.82) is 5.26 Å². The summed E-state index contributed by atoms with van der Waals surface area (Å²) in [6.45, 7) is 0.172. The number of nitriles is 1. The van der Waals surface area contributed by atoms with Crippen molar-refractivity contribution in [3.05, 3.63) is 47.5 Å². The van der Waals surface area contributed by atoms with E-state index in [0.29, 0.717) is 43.1 Å². The molecule has 1 saturated heterocycles. The Balaban J connectivity index is 1.56. The number of thiocarbonyl (C=S) groups is 1. The number of benzene rings is 2. The van der Waals surface area contributed by atoms with E-state index in [2.05, 4.69) is 0 Å². The maximum Gasteiger partial charge on any atom is 0.417 e. The number of nitrogens with zero attached hydrogens (tertiary/aromatic N) is 3. The van der Waals surface area contributed by atoms with Gasteiger partial charge in [-0.15, -0.1) is 0 Å². The average molecular weight is 504 g/mol. The smallest absolute Gasteiger partial charge is 0.417 e. The van der Waals surface area contributed by atoms with Crippen LogP contribution in [0.4, 0.5) is 24.5 Å². The SMILES string of the molecule is N#Cc1ccc(N2C(=O)C3(CCC3)N(c3ccc4c(c3)OCC[C@H](CO)O4)C2=S)cc1C(F)(F)F. The van der Waals surface area contributed by atoms with Gasteiger partial charge in [0.1, 0.15) is 11.6 Å². The van der Waals surface area contributed by atoms with Gasteiger partial charge in [-0.05, 0) is 61.8 Å². The second kappa shape index (κ2) is 8.39. The van der Waals surface area contributed by atoms with Gasteiger partial charge in [0.15, 0.2) is 16.6 Å². The van der Waals surface area contributed by atoms with E-state index in [-0.39, 0.29) is 17.4 Å².